The van der Waals surface area contributed by atoms with E-state index < -0.39 is 5.82 Å². The van der Waals surface area contributed by atoms with Crippen molar-refractivity contribution in [2.75, 3.05) is 6.61 Å². The van der Waals surface area contributed by atoms with Crippen molar-refractivity contribution in [1.82, 2.24) is 14.8 Å². The fraction of sp³-hybridized carbons (Fsp3) is 0.273. The minimum atomic E-state index is -0.437. The largest absolute Gasteiger partial charge is 0.364 e. The number of halogens is 2. The molecule has 0 spiro atoms. The Hall–Kier alpha value is -1.46. The fourth-order valence-corrected chi connectivity index (χ4v) is 2.09. The summed E-state index contributed by atoms with van der Waals surface area (Å²) in [7, 11) is 0. The number of ether oxygens (including phenoxy) is 1. The van der Waals surface area contributed by atoms with Gasteiger partial charge in [-0.25, -0.2) is 14.1 Å². The minimum Gasteiger partial charge on any atom is -0.364 e. The second kappa shape index (κ2) is 4.09. The van der Waals surface area contributed by atoms with Crippen molar-refractivity contribution in [3.63, 3.8) is 0 Å². The van der Waals surface area contributed by atoms with E-state index in [1.54, 1.807) is 16.8 Å². The van der Waals surface area contributed by atoms with E-state index in [0.717, 1.165) is 11.4 Å². The van der Waals surface area contributed by atoms with Crippen LogP contribution in [0.25, 0.3) is 0 Å². The molecule has 3 rings (SSSR count). The maximum atomic E-state index is 13.1. The van der Waals surface area contributed by atoms with Crippen LogP contribution in [0.2, 0.25) is 5.02 Å². The van der Waals surface area contributed by atoms with Crippen molar-refractivity contribution in [1.29, 1.82) is 0 Å². The Labute approximate surface area is 102 Å². The highest BCUT2D eigenvalue weighted by atomic mass is 35.5. The summed E-state index contributed by atoms with van der Waals surface area (Å²) >= 11 is 5.76. The van der Waals surface area contributed by atoms with Gasteiger partial charge in [-0.1, -0.05) is 17.7 Å². The first-order valence-electron chi connectivity index (χ1n) is 5.20. The van der Waals surface area contributed by atoms with Crippen molar-refractivity contribution in [2.45, 2.75) is 12.6 Å². The van der Waals surface area contributed by atoms with Gasteiger partial charge in [0.2, 0.25) is 0 Å². The van der Waals surface area contributed by atoms with Crippen LogP contribution in [-0.4, -0.2) is 21.4 Å². The third kappa shape index (κ3) is 1.81. The van der Waals surface area contributed by atoms with Crippen molar-refractivity contribution in [3.05, 3.63) is 46.8 Å². The third-order valence-electron chi connectivity index (χ3n) is 2.71. The molecule has 0 amide bonds. The number of benzene rings is 1. The zero-order valence-corrected chi connectivity index (χ0v) is 9.56. The van der Waals surface area contributed by atoms with Crippen LogP contribution in [0.3, 0.4) is 0 Å². The van der Waals surface area contributed by atoms with Crippen molar-refractivity contribution >= 4 is 11.6 Å². The van der Waals surface area contributed by atoms with Crippen molar-refractivity contribution in [3.8, 4) is 0 Å². The lowest BCUT2D eigenvalue weighted by Gasteiger charge is -2.23. The average molecular weight is 254 g/mol. The van der Waals surface area contributed by atoms with Crippen LogP contribution in [0.4, 0.5) is 4.39 Å². The van der Waals surface area contributed by atoms with Crippen LogP contribution in [0.1, 0.15) is 17.5 Å². The second-order valence-electron chi connectivity index (χ2n) is 3.77. The van der Waals surface area contributed by atoms with Gasteiger partial charge in [-0.05, 0) is 17.7 Å². The summed E-state index contributed by atoms with van der Waals surface area (Å²) in [5.41, 5.74) is 0.783. The van der Waals surface area contributed by atoms with E-state index in [0.29, 0.717) is 13.2 Å². The number of aromatic nitrogens is 3. The van der Waals surface area contributed by atoms with Gasteiger partial charge in [-0.15, -0.1) is 0 Å². The second-order valence-corrected chi connectivity index (χ2v) is 4.17. The number of fused-ring (bicyclic) bond motifs is 1. The molecule has 1 aliphatic heterocycles. The number of hydrogen-bond donors (Lipinski definition) is 0. The molecule has 2 aromatic rings. The molecule has 2 heterocycles. The van der Waals surface area contributed by atoms with Crippen molar-refractivity contribution in [2.24, 2.45) is 0 Å². The fourth-order valence-electron chi connectivity index (χ4n) is 1.90. The molecule has 6 heteroatoms. The highest BCUT2D eigenvalue weighted by molar-refractivity contribution is 6.30. The van der Waals surface area contributed by atoms with Crippen LogP contribution < -0.4 is 0 Å². The lowest BCUT2D eigenvalue weighted by Crippen LogP contribution is -2.23. The highest BCUT2D eigenvalue weighted by Gasteiger charge is 2.25. The molecule has 0 aliphatic carbocycles. The number of nitrogens with zero attached hydrogens (tertiary/aromatic N) is 3. The Balaban J connectivity index is 2.03. The molecule has 1 aromatic heterocycles. The van der Waals surface area contributed by atoms with E-state index in [9.17, 15) is 4.39 Å². The van der Waals surface area contributed by atoms with E-state index in [1.807, 2.05) is 0 Å². The topological polar surface area (TPSA) is 39.9 Å². The van der Waals surface area contributed by atoms with Crippen molar-refractivity contribution < 1.29 is 9.13 Å². The molecule has 0 saturated carbocycles. The maximum absolute atomic E-state index is 13.1. The predicted molar refractivity (Wildman–Crippen MR) is 59.2 cm³/mol. The monoisotopic (exact) mass is 253 g/mol. The first-order valence-corrected chi connectivity index (χ1v) is 5.58. The molecule has 0 N–H and O–H groups in total. The van der Waals surface area contributed by atoms with E-state index in [-0.39, 0.29) is 11.1 Å². The van der Waals surface area contributed by atoms with Crippen LogP contribution in [0, 0.1) is 5.82 Å². The van der Waals surface area contributed by atoms with E-state index in [4.69, 9.17) is 16.3 Å². The Morgan fingerprint density at radius 2 is 2.35 bits per heavy atom. The highest BCUT2D eigenvalue weighted by Crippen LogP contribution is 2.29. The summed E-state index contributed by atoms with van der Waals surface area (Å²) in [5, 5.41) is 4.18. The summed E-state index contributed by atoms with van der Waals surface area (Å²) in [6.45, 7) is 1.23. The lowest BCUT2D eigenvalue weighted by molar-refractivity contribution is 0.0389. The van der Waals surface area contributed by atoms with Crippen LogP contribution in [-0.2, 0) is 11.3 Å². The van der Waals surface area contributed by atoms with E-state index >= 15 is 0 Å². The molecule has 17 heavy (non-hydrogen) atoms. The smallest absolute Gasteiger partial charge is 0.160 e. The van der Waals surface area contributed by atoms with Crippen LogP contribution in [0.15, 0.2) is 24.5 Å². The zero-order valence-electron chi connectivity index (χ0n) is 8.81. The predicted octanol–water partition coefficient (Wildman–Crippen LogP) is 2.19. The Bertz CT molecular complexity index is 557. The van der Waals surface area contributed by atoms with Gasteiger partial charge < -0.3 is 4.74 Å². The molecular formula is C11H9ClFN3O. The van der Waals surface area contributed by atoms with Gasteiger partial charge in [0.05, 0.1) is 18.2 Å². The molecule has 1 unspecified atom stereocenters. The summed E-state index contributed by atoms with van der Waals surface area (Å²) in [6.07, 6.45) is 1.16. The number of hydrogen-bond acceptors (Lipinski definition) is 3. The normalized spacial score (nSPS) is 19.1. The molecule has 0 bridgehead atoms. The molecule has 0 saturated heterocycles. The van der Waals surface area contributed by atoms with E-state index in [2.05, 4.69) is 10.1 Å². The van der Waals surface area contributed by atoms with Crippen LogP contribution >= 0.6 is 11.6 Å². The van der Waals surface area contributed by atoms with Gasteiger partial charge in [-0.3, -0.25) is 0 Å². The van der Waals surface area contributed by atoms with Gasteiger partial charge in [0.25, 0.3) is 0 Å². The standard InChI is InChI=1S/C11H9ClFN3O/c12-8-5-7(1-2-9(8)13)10-11-14-6-15-16(11)3-4-17-10/h1-2,5-6,10H,3-4H2. The first kappa shape index (κ1) is 10.7. The summed E-state index contributed by atoms with van der Waals surface area (Å²) in [5.74, 6) is 0.284. The summed E-state index contributed by atoms with van der Waals surface area (Å²) in [4.78, 5) is 4.16. The minimum absolute atomic E-state index is 0.0859. The molecule has 1 aromatic carbocycles. The molecule has 0 radical (unpaired) electrons. The van der Waals surface area contributed by atoms with E-state index in [1.165, 1.54) is 12.4 Å². The quantitative estimate of drug-likeness (QED) is 0.782. The molecule has 1 atom stereocenters. The van der Waals surface area contributed by atoms with Gasteiger partial charge in [0.15, 0.2) is 5.82 Å². The Morgan fingerprint density at radius 1 is 1.47 bits per heavy atom. The van der Waals surface area contributed by atoms with Gasteiger partial charge in [0, 0.05) is 0 Å². The number of rotatable bonds is 1. The molecular weight excluding hydrogens is 245 g/mol. The lowest BCUT2D eigenvalue weighted by atomic mass is 10.1. The Kier molecular flexibility index (Phi) is 2.57. The summed E-state index contributed by atoms with van der Waals surface area (Å²) < 4.78 is 20.5. The SMILES string of the molecule is Fc1ccc(C2OCCn3ncnc32)cc1Cl. The van der Waals surface area contributed by atoms with Gasteiger partial charge >= 0.3 is 0 Å². The zero-order chi connectivity index (χ0) is 11.8. The molecule has 0 fully saturated rings. The van der Waals surface area contributed by atoms with Gasteiger partial charge in [0.1, 0.15) is 18.2 Å². The Morgan fingerprint density at radius 3 is 3.18 bits per heavy atom. The summed E-state index contributed by atoms with van der Waals surface area (Å²) in [6, 6.07) is 4.54. The average Bonchev–Trinajstić information content (AvgIpc) is 2.80. The maximum Gasteiger partial charge on any atom is 0.160 e. The molecule has 88 valence electrons. The molecule has 1 aliphatic rings. The molecule has 4 nitrogen and oxygen atoms in total. The first-order chi connectivity index (χ1) is 8.25. The van der Waals surface area contributed by atoms with Gasteiger partial charge in [-0.2, -0.15) is 5.10 Å². The third-order valence-corrected chi connectivity index (χ3v) is 3.00. The van der Waals surface area contributed by atoms with Crippen LogP contribution in [0.5, 0.6) is 0 Å².